The molecule has 110 valence electrons. The molecule has 0 aliphatic rings. The molecule has 0 amide bonds. The quantitative estimate of drug-likeness (QED) is 0.429. The summed E-state index contributed by atoms with van der Waals surface area (Å²) in [6.07, 6.45) is 5.08. The maximum atomic E-state index is 5.47. The number of likely N-dealkylation sites (N-methyl/N-ethyl adjacent to an activating group) is 1. The van der Waals surface area contributed by atoms with Crippen molar-refractivity contribution in [3.63, 3.8) is 0 Å². The lowest BCUT2D eigenvalue weighted by Gasteiger charge is -2.37. The van der Waals surface area contributed by atoms with Crippen molar-refractivity contribution >= 4 is 12.6 Å². The second kappa shape index (κ2) is 11.1. The van der Waals surface area contributed by atoms with Crippen LogP contribution in [0.2, 0.25) is 0 Å². The van der Waals surface area contributed by atoms with Crippen LogP contribution in [0.15, 0.2) is 0 Å². The van der Waals surface area contributed by atoms with Gasteiger partial charge in [0, 0.05) is 19.7 Å². The highest BCUT2D eigenvalue weighted by atomic mass is 32.1. The minimum Gasteiger partial charge on any atom is -0.380 e. The van der Waals surface area contributed by atoms with E-state index in [0.717, 1.165) is 32.1 Å². The molecule has 0 heterocycles. The Morgan fingerprint density at radius 3 is 2.06 bits per heavy atom. The van der Waals surface area contributed by atoms with Gasteiger partial charge in [-0.15, -0.1) is 0 Å². The average Bonchev–Trinajstić information content (AvgIpc) is 2.38. The molecule has 0 atom stereocenters. The summed E-state index contributed by atoms with van der Waals surface area (Å²) in [6.45, 7) is 13.9. The van der Waals surface area contributed by atoms with E-state index in [2.05, 4.69) is 45.2 Å². The number of thiol groups is 1. The lowest BCUT2D eigenvalue weighted by Crippen LogP contribution is -2.40. The minimum absolute atomic E-state index is 0.398. The number of rotatable bonds is 12. The molecule has 0 bridgehead atoms. The molecule has 0 N–H and O–H groups in total. The van der Waals surface area contributed by atoms with E-state index in [1.807, 2.05) is 0 Å². The Hall–Kier alpha value is 0.270. The normalized spacial score (nSPS) is 12.3. The molecule has 0 aromatic carbocycles. The molecule has 0 aliphatic carbocycles. The average molecular weight is 276 g/mol. The standard InChI is InChI=1S/C15H33NOS/c1-5-9-15(14-18,10-6-2)13-16(7-3)11-12-17-8-4/h18H,5-14H2,1-4H3. The predicted molar refractivity (Wildman–Crippen MR) is 84.7 cm³/mol. The molecular weight excluding hydrogens is 242 g/mol. The largest absolute Gasteiger partial charge is 0.380 e. The lowest BCUT2D eigenvalue weighted by molar-refractivity contribution is 0.0887. The van der Waals surface area contributed by atoms with Gasteiger partial charge >= 0.3 is 0 Å². The second-order valence-electron chi connectivity index (χ2n) is 5.22. The zero-order valence-electron chi connectivity index (χ0n) is 12.9. The van der Waals surface area contributed by atoms with Crippen molar-refractivity contribution < 1.29 is 4.74 Å². The Morgan fingerprint density at radius 2 is 1.67 bits per heavy atom. The third kappa shape index (κ3) is 7.01. The number of ether oxygens (including phenoxy) is 1. The van der Waals surface area contributed by atoms with E-state index in [1.165, 1.54) is 32.2 Å². The van der Waals surface area contributed by atoms with Gasteiger partial charge in [0.05, 0.1) is 6.61 Å². The van der Waals surface area contributed by atoms with Crippen molar-refractivity contribution in [1.29, 1.82) is 0 Å². The van der Waals surface area contributed by atoms with Gasteiger partial charge in [-0.2, -0.15) is 12.6 Å². The van der Waals surface area contributed by atoms with Crippen molar-refractivity contribution in [2.24, 2.45) is 5.41 Å². The molecule has 0 fully saturated rings. The van der Waals surface area contributed by atoms with Crippen LogP contribution >= 0.6 is 12.6 Å². The Labute approximate surface area is 120 Å². The molecule has 18 heavy (non-hydrogen) atoms. The van der Waals surface area contributed by atoms with Crippen LogP contribution in [0.3, 0.4) is 0 Å². The van der Waals surface area contributed by atoms with Crippen molar-refractivity contribution in [3.05, 3.63) is 0 Å². The van der Waals surface area contributed by atoms with Crippen molar-refractivity contribution in [2.75, 3.05) is 38.6 Å². The van der Waals surface area contributed by atoms with Crippen LogP contribution in [-0.4, -0.2) is 43.5 Å². The fraction of sp³-hybridized carbons (Fsp3) is 1.00. The van der Waals surface area contributed by atoms with Gasteiger partial charge in [0.15, 0.2) is 0 Å². The van der Waals surface area contributed by atoms with Gasteiger partial charge in [-0.25, -0.2) is 0 Å². The molecule has 0 aromatic rings. The van der Waals surface area contributed by atoms with Crippen LogP contribution < -0.4 is 0 Å². The molecule has 0 radical (unpaired) electrons. The first kappa shape index (κ1) is 18.3. The molecule has 0 saturated carbocycles. The first-order valence-corrected chi connectivity index (χ1v) is 8.22. The van der Waals surface area contributed by atoms with Crippen molar-refractivity contribution in [1.82, 2.24) is 4.90 Å². The van der Waals surface area contributed by atoms with Gasteiger partial charge in [-0.3, -0.25) is 0 Å². The SMILES string of the molecule is CCCC(CS)(CCC)CN(CC)CCOCC. The topological polar surface area (TPSA) is 12.5 Å². The Morgan fingerprint density at radius 1 is 1.06 bits per heavy atom. The lowest BCUT2D eigenvalue weighted by atomic mass is 9.80. The van der Waals surface area contributed by atoms with Gasteiger partial charge in [-0.05, 0) is 37.5 Å². The molecule has 0 saturated heterocycles. The summed E-state index contributed by atoms with van der Waals surface area (Å²) in [5.41, 5.74) is 0.398. The van der Waals surface area contributed by atoms with Gasteiger partial charge in [-0.1, -0.05) is 33.6 Å². The summed E-state index contributed by atoms with van der Waals surface area (Å²) >= 11 is 4.63. The third-order valence-electron chi connectivity index (χ3n) is 3.66. The molecular formula is C15H33NOS. The monoisotopic (exact) mass is 275 g/mol. The van der Waals surface area contributed by atoms with E-state index in [0.29, 0.717) is 5.41 Å². The Balaban J connectivity index is 4.39. The highest BCUT2D eigenvalue weighted by molar-refractivity contribution is 7.80. The maximum absolute atomic E-state index is 5.47. The van der Waals surface area contributed by atoms with Crippen molar-refractivity contribution in [2.45, 2.75) is 53.4 Å². The summed E-state index contributed by atoms with van der Waals surface area (Å²) in [6, 6.07) is 0. The van der Waals surface area contributed by atoms with Crippen LogP contribution in [0.4, 0.5) is 0 Å². The third-order valence-corrected chi connectivity index (χ3v) is 4.33. The molecule has 0 rings (SSSR count). The predicted octanol–water partition coefficient (Wildman–Crippen LogP) is 3.86. The second-order valence-corrected chi connectivity index (χ2v) is 5.54. The van der Waals surface area contributed by atoms with Crippen LogP contribution in [-0.2, 0) is 4.74 Å². The van der Waals surface area contributed by atoms with Crippen LogP contribution in [0.5, 0.6) is 0 Å². The van der Waals surface area contributed by atoms with Gasteiger partial charge in [0.1, 0.15) is 0 Å². The molecule has 0 aromatic heterocycles. The highest BCUT2D eigenvalue weighted by Crippen LogP contribution is 2.32. The molecule has 0 unspecified atom stereocenters. The van der Waals surface area contributed by atoms with E-state index in [9.17, 15) is 0 Å². The van der Waals surface area contributed by atoms with E-state index >= 15 is 0 Å². The number of hydrogen-bond acceptors (Lipinski definition) is 3. The van der Waals surface area contributed by atoms with E-state index < -0.39 is 0 Å². The smallest absolute Gasteiger partial charge is 0.0593 e. The maximum Gasteiger partial charge on any atom is 0.0593 e. The summed E-state index contributed by atoms with van der Waals surface area (Å²) in [5, 5.41) is 0. The summed E-state index contributed by atoms with van der Waals surface area (Å²) in [7, 11) is 0. The fourth-order valence-electron chi connectivity index (χ4n) is 2.71. The first-order valence-electron chi connectivity index (χ1n) is 7.58. The van der Waals surface area contributed by atoms with Crippen LogP contribution in [0.25, 0.3) is 0 Å². The minimum atomic E-state index is 0.398. The molecule has 2 nitrogen and oxygen atoms in total. The molecule has 0 aliphatic heterocycles. The number of hydrogen-bond donors (Lipinski definition) is 1. The highest BCUT2D eigenvalue weighted by Gasteiger charge is 2.28. The summed E-state index contributed by atoms with van der Waals surface area (Å²) in [4.78, 5) is 2.52. The van der Waals surface area contributed by atoms with Gasteiger partial charge < -0.3 is 9.64 Å². The summed E-state index contributed by atoms with van der Waals surface area (Å²) in [5.74, 6) is 1.000. The Bertz CT molecular complexity index is 181. The van der Waals surface area contributed by atoms with Gasteiger partial charge in [0.2, 0.25) is 0 Å². The number of nitrogens with zero attached hydrogens (tertiary/aromatic N) is 1. The van der Waals surface area contributed by atoms with Gasteiger partial charge in [0.25, 0.3) is 0 Å². The van der Waals surface area contributed by atoms with E-state index in [1.54, 1.807) is 0 Å². The summed E-state index contributed by atoms with van der Waals surface area (Å²) < 4.78 is 5.47. The van der Waals surface area contributed by atoms with Crippen molar-refractivity contribution in [3.8, 4) is 0 Å². The fourth-order valence-corrected chi connectivity index (χ4v) is 3.13. The van der Waals surface area contributed by atoms with Crippen LogP contribution in [0, 0.1) is 5.41 Å². The molecule has 3 heteroatoms. The zero-order valence-corrected chi connectivity index (χ0v) is 13.8. The van der Waals surface area contributed by atoms with E-state index in [-0.39, 0.29) is 0 Å². The molecule has 0 spiro atoms. The zero-order chi connectivity index (χ0) is 13.9. The Kier molecular flexibility index (Phi) is 11.3. The van der Waals surface area contributed by atoms with Crippen LogP contribution in [0.1, 0.15) is 53.4 Å². The first-order chi connectivity index (χ1) is 8.67. The van der Waals surface area contributed by atoms with E-state index in [4.69, 9.17) is 4.74 Å².